The molecule has 0 aliphatic rings. The largest absolute Gasteiger partial charge is 0.383 e. The zero-order valence-corrected chi connectivity index (χ0v) is 10.8. The molecule has 4 nitrogen and oxygen atoms in total. The molecule has 0 radical (unpaired) electrons. The third-order valence-corrected chi connectivity index (χ3v) is 2.45. The van der Waals surface area contributed by atoms with Gasteiger partial charge >= 0.3 is 0 Å². The van der Waals surface area contributed by atoms with Crippen LogP contribution in [0.15, 0.2) is 0 Å². The smallest absolute Gasteiger partial charge is 0.0615 e. The summed E-state index contributed by atoms with van der Waals surface area (Å²) >= 11 is 0. The maximum atomic E-state index is 5.49. The molecule has 0 aliphatic carbocycles. The molecule has 16 heavy (non-hydrogen) atoms. The minimum atomic E-state index is 0.406. The molecule has 0 saturated carbocycles. The lowest BCUT2D eigenvalue weighted by atomic mass is 10.1. The molecule has 1 atom stereocenters. The van der Waals surface area contributed by atoms with Crippen LogP contribution in [0.25, 0.3) is 0 Å². The molecule has 0 amide bonds. The van der Waals surface area contributed by atoms with Crippen molar-refractivity contribution < 1.29 is 9.47 Å². The number of nitrogens with one attached hydrogen (secondary N) is 1. The Morgan fingerprint density at radius 2 is 2.06 bits per heavy atom. The van der Waals surface area contributed by atoms with E-state index in [0.29, 0.717) is 6.04 Å². The molecule has 98 valence electrons. The van der Waals surface area contributed by atoms with Gasteiger partial charge < -0.3 is 20.5 Å². The number of ether oxygens (including phenoxy) is 2. The van der Waals surface area contributed by atoms with Crippen LogP contribution >= 0.6 is 0 Å². The summed E-state index contributed by atoms with van der Waals surface area (Å²) in [4.78, 5) is 0. The molecular formula is C12H28N2O2. The molecule has 0 bridgehead atoms. The zero-order chi connectivity index (χ0) is 12.1. The first-order valence-corrected chi connectivity index (χ1v) is 6.35. The van der Waals surface area contributed by atoms with Gasteiger partial charge in [0.2, 0.25) is 0 Å². The molecule has 0 aromatic carbocycles. The van der Waals surface area contributed by atoms with Gasteiger partial charge in [0.15, 0.2) is 0 Å². The lowest BCUT2D eigenvalue weighted by Gasteiger charge is -2.17. The second-order valence-electron chi connectivity index (χ2n) is 4.00. The first kappa shape index (κ1) is 15.8. The SMILES string of the molecule is CCCCOCCNC(CCCN)COC. The summed E-state index contributed by atoms with van der Waals surface area (Å²) in [6.07, 6.45) is 4.45. The van der Waals surface area contributed by atoms with Gasteiger partial charge in [0.25, 0.3) is 0 Å². The third-order valence-electron chi connectivity index (χ3n) is 2.45. The standard InChI is InChI=1S/C12H28N2O2/c1-3-4-9-16-10-8-14-12(11-15-2)6-5-7-13/h12,14H,3-11,13H2,1-2H3. The summed E-state index contributed by atoms with van der Waals surface area (Å²) in [6.45, 7) is 6.20. The summed E-state index contributed by atoms with van der Waals surface area (Å²) in [5.74, 6) is 0. The monoisotopic (exact) mass is 232 g/mol. The molecule has 0 aromatic rings. The summed E-state index contributed by atoms with van der Waals surface area (Å²) in [7, 11) is 1.73. The number of nitrogens with two attached hydrogens (primary N) is 1. The van der Waals surface area contributed by atoms with Gasteiger partial charge in [-0.2, -0.15) is 0 Å². The normalized spacial score (nSPS) is 12.9. The lowest BCUT2D eigenvalue weighted by molar-refractivity contribution is 0.120. The molecule has 0 spiro atoms. The van der Waals surface area contributed by atoms with E-state index in [1.54, 1.807) is 7.11 Å². The number of unbranched alkanes of at least 4 members (excludes halogenated alkanes) is 1. The van der Waals surface area contributed by atoms with Crippen molar-refractivity contribution in [3.8, 4) is 0 Å². The van der Waals surface area contributed by atoms with E-state index in [-0.39, 0.29) is 0 Å². The Balaban J connectivity index is 3.36. The van der Waals surface area contributed by atoms with E-state index in [0.717, 1.165) is 52.2 Å². The van der Waals surface area contributed by atoms with Crippen LogP contribution in [0.3, 0.4) is 0 Å². The van der Waals surface area contributed by atoms with Crippen molar-refractivity contribution in [1.82, 2.24) is 5.32 Å². The van der Waals surface area contributed by atoms with Crippen LogP contribution in [0, 0.1) is 0 Å². The van der Waals surface area contributed by atoms with E-state index in [4.69, 9.17) is 15.2 Å². The quantitative estimate of drug-likeness (QED) is 0.496. The average molecular weight is 232 g/mol. The fraction of sp³-hybridized carbons (Fsp3) is 1.00. The van der Waals surface area contributed by atoms with Crippen LogP contribution in [0.5, 0.6) is 0 Å². The Labute approximate surface area is 99.9 Å². The first-order valence-electron chi connectivity index (χ1n) is 6.35. The van der Waals surface area contributed by atoms with Gasteiger partial charge in [0, 0.05) is 26.3 Å². The predicted octanol–water partition coefficient (Wildman–Crippen LogP) is 1.15. The molecule has 0 rings (SSSR count). The third kappa shape index (κ3) is 10.4. The number of methoxy groups -OCH3 is 1. The van der Waals surface area contributed by atoms with Crippen molar-refractivity contribution in [2.24, 2.45) is 5.73 Å². The number of hydrogen-bond acceptors (Lipinski definition) is 4. The minimum Gasteiger partial charge on any atom is -0.383 e. The maximum absolute atomic E-state index is 5.49. The number of hydrogen-bond donors (Lipinski definition) is 2. The molecule has 4 heteroatoms. The van der Waals surface area contributed by atoms with Crippen molar-refractivity contribution in [2.45, 2.75) is 38.6 Å². The summed E-state index contributed by atoms with van der Waals surface area (Å²) < 4.78 is 10.6. The van der Waals surface area contributed by atoms with Crippen molar-refractivity contribution in [3.05, 3.63) is 0 Å². The van der Waals surface area contributed by atoms with Gasteiger partial charge in [-0.05, 0) is 25.8 Å². The molecule has 0 heterocycles. The average Bonchev–Trinajstić information content (AvgIpc) is 2.30. The second-order valence-corrected chi connectivity index (χ2v) is 4.00. The fourth-order valence-corrected chi connectivity index (χ4v) is 1.49. The van der Waals surface area contributed by atoms with Crippen molar-refractivity contribution >= 4 is 0 Å². The lowest BCUT2D eigenvalue weighted by Crippen LogP contribution is -2.36. The van der Waals surface area contributed by atoms with E-state index < -0.39 is 0 Å². The van der Waals surface area contributed by atoms with Crippen molar-refractivity contribution in [2.75, 3.05) is 40.0 Å². The van der Waals surface area contributed by atoms with Crippen LogP contribution in [0.2, 0.25) is 0 Å². The Morgan fingerprint density at radius 3 is 2.69 bits per heavy atom. The minimum absolute atomic E-state index is 0.406. The molecular weight excluding hydrogens is 204 g/mol. The molecule has 0 aliphatic heterocycles. The van der Waals surface area contributed by atoms with E-state index in [2.05, 4.69) is 12.2 Å². The van der Waals surface area contributed by atoms with Gasteiger partial charge in [-0.1, -0.05) is 13.3 Å². The Morgan fingerprint density at radius 1 is 1.25 bits per heavy atom. The Kier molecular flexibility index (Phi) is 12.8. The zero-order valence-electron chi connectivity index (χ0n) is 10.8. The van der Waals surface area contributed by atoms with Gasteiger partial charge in [-0.15, -0.1) is 0 Å². The van der Waals surface area contributed by atoms with E-state index in [1.165, 1.54) is 6.42 Å². The van der Waals surface area contributed by atoms with Crippen LogP contribution in [-0.2, 0) is 9.47 Å². The highest BCUT2D eigenvalue weighted by molar-refractivity contribution is 4.66. The topological polar surface area (TPSA) is 56.5 Å². The predicted molar refractivity (Wildman–Crippen MR) is 67.7 cm³/mol. The highest BCUT2D eigenvalue weighted by Crippen LogP contribution is 1.96. The van der Waals surface area contributed by atoms with Gasteiger partial charge in [0.1, 0.15) is 0 Å². The summed E-state index contributed by atoms with van der Waals surface area (Å²) in [5, 5.41) is 3.43. The highest BCUT2D eigenvalue weighted by atomic mass is 16.5. The molecule has 0 saturated heterocycles. The van der Waals surface area contributed by atoms with Gasteiger partial charge in [-0.3, -0.25) is 0 Å². The van der Waals surface area contributed by atoms with E-state index >= 15 is 0 Å². The summed E-state index contributed by atoms with van der Waals surface area (Å²) in [6, 6.07) is 0.406. The van der Waals surface area contributed by atoms with Gasteiger partial charge in [0.05, 0.1) is 13.2 Å². The second kappa shape index (κ2) is 12.9. The molecule has 1 unspecified atom stereocenters. The van der Waals surface area contributed by atoms with Crippen LogP contribution in [0.4, 0.5) is 0 Å². The molecule has 0 aromatic heterocycles. The summed E-state index contributed by atoms with van der Waals surface area (Å²) in [5.41, 5.74) is 5.49. The van der Waals surface area contributed by atoms with Gasteiger partial charge in [-0.25, -0.2) is 0 Å². The first-order chi connectivity index (χ1) is 7.85. The van der Waals surface area contributed by atoms with Crippen LogP contribution in [0.1, 0.15) is 32.6 Å². The van der Waals surface area contributed by atoms with E-state index in [9.17, 15) is 0 Å². The van der Waals surface area contributed by atoms with E-state index in [1.807, 2.05) is 0 Å². The molecule has 0 fully saturated rings. The highest BCUT2D eigenvalue weighted by Gasteiger charge is 2.06. The van der Waals surface area contributed by atoms with Crippen LogP contribution < -0.4 is 11.1 Å². The van der Waals surface area contributed by atoms with Crippen molar-refractivity contribution in [1.29, 1.82) is 0 Å². The number of rotatable bonds is 12. The molecule has 3 N–H and O–H groups in total. The fourth-order valence-electron chi connectivity index (χ4n) is 1.49. The Hall–Kier alpha value is -0.160. The van der Waals surface area contributed by atoms with Crippen molar-refractivity contribution in [3.63, 3.8) is 0 Å². The van der Waals surface area contributed by atoms with Crippen LogP contribution in [-0.4, -0.2) is 46.1 Å². The Bertz CT molecular complexity index is 134. The maximum Gasteiger partial charge on any atom is 0.0615 e.